The van der Waals surface area contributed by atoms with E-state index in [0.717, 1.165) is 0 Å². The molecule has 4 heteroatoms. The van der Waals surface area contributed by atoms with Crippen LogP contribution in [0.5, 0.6) is 0 Å². The first kappa shape index (κ1) is 11.3. The summed E-state index contributed by atoms with van der Waals surface area (Å²) in [6.45, 7) is 0. The molecule has 0 unspecified atom stereocenters. The molecule has 0 spiro atoms. The summed E-state index contributed by atoms with van der Waals surface area (Å²) < 4.78 is 25.4. The van der Waals surface area contributed by atoms with Crippen LogP contribution in [0.2, 0.25) is 0 Å². The van der Waals surface area contributed by atoms with E-state index in [-0.39, 0.29) is 17.5 Å². The maximum Gasteiger partial charge on any atom is 0.131 e. The zero-order chi connectivity index (χ0) is 12.3. The first-order valence-corrected chi connectivity index (χ1v) is 5.01. The lowest BCUT2D eigenvalue weighted by atomic mass is 10.2. The molecule has 0 heterocycles. The van der Waals surface area contributed by atoms with E-state index in [1.807, 2.05) is 0 Å². The van der Waals surface area contributed by atoms with Crippen molar-refractivity contribution in [2.24, 2.45) is 10.7 Å². The average Bonchev–Trinajstić information content (AvgIpc) is 2.33. The highest BCUT2D eigenvalue weighted by atomic mass is 19.1. The molecule has 0 aliphatic carbocycles. The lowest BCUT2D eigenvalue weighted by Gasteiger charge is -2.01. The molecule has 2 aromatic carbocycles. The molecule has 0 aliphatic rings. The van der Waals surface area contributed by atoms with Gasteiger partial charge in [-0.15, -0.1) is 0 Å². The number of hydrogen-bond acceptors (Lipinski definition) is 1. The summed E-state index contributed by atoms with van der Waals surface area (Å²) in [5.41, 5.74) is 6.92. The molecule has 0 atom stereocenters. The van der Waals surface area contributed by atoms with Gasteiger partial charge in [0.2, 0.25) is 0 Å². The number of amidine groups is 1. The molecule has 17 heavy (non-hydrogen) atoms. The van der Waals surface area contributed by atoms with Crippen LogP contribution in [0, 0.1) is 11.6 Å². The van der Waals surface area contributed by atoms with Gasteiger partial charge in [0.15, 0.2) is 0 Å². The molecule has 0 aliphatic heterocycles. The minimum absolute atomic E-state index is 0.261. The Balaban J connectivity index is 2.27. The van der Waals surface area contributed by atoms with Crippen LogP contribution in [0.25, 0.3) is 0 Å². The number of benzene rings is 2. The molecule has 0 fully saturated rings. The van der Waals surface area contributed by atoms with Crippen molar-refractivity contribution in [1.82, 2.24) is 0 Å². The predicted octanol–water partition coefficient (Wildman–Crippen LogP) is 3.00. The highest BCUT2D eigenvalue weighted by Gasteiger charge is 1.99. The first-order chi connectivity index (χ1) is 8.15. The summed E-state index contributed by atoms with van der Waals surface area (Å²) in [5.74, 6) is -0.399. The van der Waals surface area contributed by atoms with E-state index >= 15 is 0 Å². The Labute approximate surface area is 97.4 Å². The van der Waals surface area contributed by atoms with Crippen molar-refractivity contribution in [3.8, 4) is 0 Å². The van der Waals surface area contributed by atoms with Crippen LogP contribution in [0.4, 0.5) is 14.5 Å². The highest BCUT2D eigenvalue weighted by Crippen LogP contribution is 2.13. The normalized spacial score (nSPS) is 11.5. The van der Waals surface area contributed by atoms with E-state index in [0.29, 0.717) is 11.3 Å². The lowest BCUT2D eigenvalue weighted by molar-refractivity contribution is 0.627. The van der Waals surface area contributed by atoms with Crippen LogP contribution in [0.3, 0.4) is 0 Å². The lowest BCUT2D eigenvalue weighted by Crippen LogP contribution is -2.12. The minimum atomic E-state index is -0.330. The molecule has 0 radical (unpaired) electrons. The standard InChI is InChI=1S/C13H10F2N2/c14-10-3-1-9(2-4-10)13(16)17-12-7-5-11(15)6-8-12/h1-8H,(H2,16,17). The molecule has 0 amide bonds. The molecule has 2 N–H and O–H groups in total. The van der Waals surface area contributed by atoms with Gasteiger partial charge in [-0.1, -0.05) is 0 Å². The molecule has 0 aromatic heterocycles. The Bertz CT molecular complexity index is 530. The second-order valence-electron chi connectivity index (χ2n) is 3.48. The van der Waals surface area contributed by atoms with E-state index in [2.05, 4.69) is 4.99 Å². The first-order valence-electron chi connectivity index (χ1n) is 5.01. The van der Waals surface area contributed by atoms with Gasteiger partial charge in [0.25, 0.3) is 0 Å². The number of hydrogen-bond donors (Lipinski definition) is 1. The van der Waals surface area contributed by atoms with Crippen molar-refractivity contribution < 1.29 is 8.78 Å². The van der Waals surface area contributed by atoms with Gasteiger partial charge >= 0.3 is 0 Å². The number of halogens is 2. The number of nitrogens with zero attached hydrogens (tertiary/aromatic N) is 1. The number of aliphatic imine (C=N–C) groups is 1. The van der Waals surface area contributed by atoms with Crippen LogP contribution in [-0.4, -0.2) is 5.84 Å². The third-order valence-corrected chi connectivity index (χ3v) is 2.22. The molecular formula is C13H10F2N2. The molecular weight excluding hydrogens is 222 g/mol. The predicted molar refractivity (Wildman–Crippen MR) is 63.2 cm³/mol. The fraction of sp³-hybridized carbons (Fsp3) is 0. The maximum atomic E-state index is 12.7. The van der Waals surface area contributed by atoms with Crippen molar-refractivity contribution in [2.75, 3.05) is 0 Å². The number of nitrogens with two attached hydrogens (primary N) is 1. The van der Waals surface area contributed by atoms with Crippen LogP contribution in [0.15, 0.2) is 53.5 Å². The Morgan fingerprint density at radius 3 is 1.82 bits per heavy atom. The van der Waals surface area contributed by atoms with Crippen molar-refractivity contribution >= 4 is 11.5 Å². The molecule has 2 nitrogen and oxygen atoms in total. The zero-order valence-corrected chi connectivity index (χ0v) is 8.90. The maximum absolute atomic E-state index is 12.7. The summed E-state index contributed by atoms with van der Waals surface area (Å²) in [6, 6.07) is 11.3. The van der Waals surface area contributed by atoms with Crippen molar-refractivity contribution in [3.05, 3.63) is 65.7 Å². The van der Waals surface area contributed by atoms with Gasteiger partial charge in [0, 0.05) is 5.56 Å². The molecule has 86 valence electrons. The average molecular weight is 232 g/mol. The Morgan fingerprint density at radius 1 is 0.824 bits per heavy atom. The molecule has 2 aromatic rings. The van der Waals surface area contributed by atoms with Gasteiger partial charge in [-0.25, -0.2) is 13.8 Å². The van der Waals surface area contributed by atoms with Gasteiger partial charge < -0.3 is 5.73 Å². The minimum Gasteiger partial charge on any atom is -0.383 e. The summed E-state index contributed by atoms with van der Waals surface area (Å²) >= 11 is 0. The van der Waals surface area contributed by atoms with Gasteiger partial charge in [0.1, 0.15) is 17.5 Å². The SMILES string of the molecule is NC(=Nc1ccc(F)cc1)c1ccc(F)cc1. The van der Waals surface area contributed by atoms with Gasteiger partial charge in [-0.2, -0.15) is 0 Å². The van der Waals surface area contributed by atoms with Crippen LogP contribution in [0.1, 0.15) is 5.56 Å². The molecule has 0 bridgehead atoms. The highest BCUT2D eigenvalue weighted by molar-refractivity contribution is 5.98. The second kappa shape index (κ2) is 4.74. The van der Waals surface area contributed by atoms with Crippen molar-refractivity contribution in [1.29, 1.82) is 0 Å². The third kappa shape index (κ3) is 2.87. The molecule has 0 saturated heterocycles. The number of rotatable bonds is 2. The topological polar surface area (TPSA) is 38.4 Å². The van der Waals surface area contributed by atoms with E-state index in [1.54, 1.807) is 0 Å². The quantitative estimate of drug-likeness (QED) is 0.627. The molecule has 0 saturated carbocycles. The van der Waals surface area contributed by atoms with Gasteiger partial charge in [0.05, 0.1) is 5.69 Å². The van der Waals surface area contributed by atoms with Crippen LogP contribution in [-0.2, 0) is 0 Å². The summed E-state index contributed by atoms with van der Waals surface area (Å²) in [7, 11) is 0. The summed E-state index contributed by atoms with van der Waals surface area (Å²) in [6.07, 6.45) is 0. The third-order valence-electron chi connectivity index (χ3n) is 2.22. The smallest absolute Gasteiger partial charge is 0.131 e. The second-order valence-corrected chi connectivity index (χ2v) is 3.48. The van der Waals surface area contributed by atoms with E-state index in [4.69, 9.17) is 5.73 Å². The fourth-order valence-corrected chi connectivity index (χ4v) is 1.34. The van der Waals surface area contributed by atoms with Gasteiger partial charge in [-0.3, -0.25) is 0 Å². The van der Waals surface area contributed by atoms with Crippen LogP contribution >= 0.6 is 0 Å². The fourth-order valence-electron chi connectivity index (χ4n) is 1.34. The van der Waals surface area contributed by atoms with E-state index in [1.165, 1.54) is 48.5 Å². The molecule has 2 rings (SSSR count). The monoisotopic (exact) mass is 232 g/mol. The van der Waals surface area contributed by atoms with E-state index in [9.17, 15) is 8.78 Å². The Kier molecular flexibility index (Phi) is 3.14. The Morgan fingerprint density at radius 2 is 1.29 bits per heavy atom. The summed E-state index contributed by atoms with van der Waals surface area (Å²) in [5, 5.41) is 0. The van der Waals surface area contributed by atoms with Gasteiger partial charge in [-0.05, 0) is 48.5 Å². The van der Waals surface area contributed by atoms with E-state index < -0.39 is 0 Å². The van der Waals surface area contributed by atoms with Crippen LogP contribution < -0.4 is 5.73 Å². The largest absolute Gasteiger partial charge is 0.383 e. The van der Waals surface area contributed by atoms with Crippen molar-refractivity contribution in [3.63, 3.8) is 0 Å². The zero-order valence-electron chi connectivity index (χ0n) is 8.90. The summed E-state index contributed by atoms with van der Waals surface area (Å²) in [4.78, 5) is 4.11. The van der Waals surface area contributed by atoms with Crippen molar-refractivity contribution in [2.45, 2.75) is 0 Å². The Hall–Kier alpha value is -2.23.